The van der Waals surface area contributed by atoms with Crippen LogP contribution in [0.3, 0.4) is 0 Å². The minimum atomic E-state index is 0.171. The van der Waals surface area contributed by atoms with Crippen LogP contribution in [0, 0.1) is 5.92 Å². The van der Waals surface area contributed by atoms with E-state index in [0.717, 1.165) is 37.9 Å². The van der Waals surface area contributed by atoms with Gasteiger partial charge in [-0.05, 0) is 19.8 Å². The Morgan fingerprint density at radius 2 is 2.11 bits per heavy atom. The van der Waals surface area contributed by atoms with Crippen LogP contribution in [0.25, 0.3) is 0 Å². The maximum Gasteiger partial charge on any atom is 0.233 e. The van der Waals surface area contributed by atoms with E-state index in [9.17, 15) is 0 Å². The fraction of sp³-hybridized carbons (Fsp3) is 0.846. The van der Waals surface area contributed by atoms with Gasteiger partial charge >= 0.3 is 0 Å². The molecular weight excluding hydrogens is 230 g/mol. The summed E-state index contributed by atoms with van der Waals surface area (Å²) in [5.41, 5.74) is 0. The van der Waals surface area contributed by atoms with Crippen LogP contribution < -0.4 is 0 Å². The highest BCUT2D eigenvalue weighted by Gasteiger charge is 2.26. The first-order valence-corrected chi connectivity index (χ1v) is 6.74. The summed E-state index contributed by atoms with van der Waals surface area (Å²) in [5, 5.41) is 8.29. The van der Waals surface area contributed by atoms with Crippen molar-refractivity contribution in [1.82, 2.24) is 15.1 Å². The fourth-order valence-electron chi connectivity index (χ4n) is 2.22. The zero-order chi connectivity index (χ0) is 13.1. The molecule has 2 heterocycles. The van der Waals surface area contributed by atoms with Crippen molar-refractivity contribution < 1.29 is 9.15 Å². The van der Waals surface area contributed by atoms with E-state index >= 15 is 0 Å². The Bertz CT molecular complexity index is 378. The Morgan fingerprint density at radius 1 is 1.33 bits per heavy atom. The Kier molecular flexibility index (Phi) is 4.35. The first-order valence-electron chi connectivity index (χ1n) is 6.74. The Hall–Kier alpha value is -0.940. The molecule has 2 rings (SSSR count). The number of morpholine rings is 1. The van der Waals surface area contributed by atoms with Crippen molar-refractivity contribution in [2.45, 2.75) is 46.3 Å². The summed E-state index contributed by atoms with van der Waals surface area (Å²) in [7, 11) is 0. The van der Waals surface area contributed by atoms with Crippen molar-refractivity contribution in [2.75, 3.05) is 19.7 Å². The molecule has 1 aliphatic heterocycles. The van der Waals surface area contributed by atoms with Crippen LogP contribution in [0.15, 0.2) is 4.42 Å². The molecule has 2 unspecified atom stereocenters. The predicted octanol–water partition coefficient (Wildman–Crippen LogP) is 2.05. The van der Waals surface area contributed by atoms with E-state index in [-0.39, 0.29) is 12.1 Å². The van der Waals surface area contributed by atoms with Gasteiger partial charge in [0.05, 0.1) is 18.8 Å². The second-order valence-corrected chi connectivity index (χ2v) is 5.48. The maximum absolute atomic E-state index is 5.74. The highest BCUT2D eigenvalue weighted by atomic mass is 16.5. The number of hydrogen-bond donors (Lipinski definition) is 0. The molecule has 0 spiro atoms. The van der Waals surface area contributed by atoms with Gasteiger partial charge in [0, 0.05) is 19.5 Å². The highest BCUT2D eigenvalue weighted by Crippen LogP contribution is 2.22. The molecule has 0 aliphatic carbocycles. The molecule has 5 heteroatoms. The van der Waals surface area contributed by atoms with Crippen LogP contribution in [0.4, 0.5) is 0 Å². The maximum atomic E-state index is 5.74. The third-order valence-electron chi connectivity index (χ3n) is 3.24. The average Bonchev–Trinajstić information content (AvgIpc) is 2.75. The Morgan fingerprint density at radius 3 is 2.78 bits per heavy atom. The van der Waals surface area contributed by atoms with E-state index in [2.05, 4.69) is 42.8 Å². The lowest BCUT2D eigenvalue weighted by molar-refractivity contribution is -0.0355. The predicted molar refractivity (Wildman–Crippen MR) is 68.2 cm³/mol. The van der Waals surface area contributed by atoms with E-state index in [1.165, 1.54) is 0 Å². The summed E-state index contributed by atoms with van der Waals surface area (Å²) in [5.74, 6) is 2.00. The third kappa shape index (κ3) is 3.29. The van der Waals surface area contributed by atoms with Crippen LogP contribution >= 0.6 is 0 Å². The van der Waals surface area contributed by atoms with Gasteiger partial charge in [0.15, 0.2) is 0 Å². The molecule has 1 aromatic heterocycles. The molecule has 1 fully saturated rings. The second kappa shape index (κ2) is 5.80. The molecule has 102 valence electrons. The summed E-state index contributed by atoms with van der Waals surface area (Å²) in [6, 6.07) is 0.171. The number of ether oxygens (including phenoxy) is 1. The van der Waals surface area contributed by atoms with Gasteiger partial charge in [0.1, 0.15) is 0 Å². The van der Waals surface area contributed by atoms with Gasteiger partial charge in [-0.15, -0.1) is 10.2 Å². The lowest BCUT2D eigenvalue weighted by atomic mass is 10.1. The topological polar surface area (TPSA) is 51.4 Å². The molecule has 5 nitrogen and oxygen atoms in total. The van der Waals surface area contributed by atoms with Gasteiger partial charge in [-0.25, -0.2) is 0 Å². The lowest BCUT2D eigenvalue weighted by Gasteiger charge is -2.33. The third-order valence-corrected chi connectivity index (χ3v) is 3.24. The molecule has 0 amide bonds. The van der Waals surface area contributed by atoms with Crippen molar-refractivity contribution in [3.05, 3.63) is 11.8 Å². The lowest BCUT2D eigenvalue weighted by Crippen LogP contribution is -2.42. The average molecular weight is 253 g/mol. The van der Waals surface area contributed by atoms with Crippen LogP contribution in [0.5, 0.6) is 0 Å². The van der Waals surface area contributed by atoms with Gasteiger partial charge in [-0.3, -0.25) is 4.90 Å². The van der Waals surface area contributed by atoms with E-state index in [1.807, 2.05) is 0 Å². The smallest absolute Gasteiger partial charge is 0.233 e. The van der Waals surface area contributed by atoms with Gasteiger partial charge < -0.3 is 9.15 Å². The van der Waals surface area contributed by atoms with Crippen molar-refractivity contribution in [2.24, 2.45) is 5.92 Å². The molecule has 18 heavy (non-hydrogen) atoms. The van der Waals surface area contributed by atoms with Crippen molar-refractivity contribution in [3.8, 4) is 0 Å². The molecule has 1 saturated heterocycles. The zero-order valence-electron chi connectivity index (χ0n) is 11.7. The number of aromatic nitrogens is 2. The molecule has 0 aromatic carbocycles. The van der Waals surface area contributed by atoms with E-state index in [0.29, 0.717) is 5.92 Å². The zero-order valence-corrected chi connectivity index (χ0v) is 11.7. The van der Waals surface area contributed by atoms with Gasteiger partial charge in [-0.1, -0.05) is 13.8 Å². The summed E-state index contributed by atoms with van der Waals surface area (Å²) in [6.07, 6.45) is 1.12. The second-order valence-electron chi connectivity index (χ2n) is 5.48. The molecule has 0 N–H and O–H groups in total. The first kappa shape index (κ1) is 13.5. The minimum Gasteiger partial charge on any atom is -0.424 e. The monoisotopic (exact) mass is 253 g/mol. The van der Waals surface area contributed by atoms with E-state index < -0.39 is 0 Å². The molecule has 1 aromatic rings. The van der Waals surface area contributed by atoms with Gasteiger partial charge in [-0.2, -0.15) is 0 Å². The van der Waals surface area contributed by atoms with Gasteiger partial charge in [0.2, 0.25) is 11.8 Å². The summed E-state index contributed by atoms with van der Waals surface area (Å²) >= 11 is 0. The van der Waals surface area contributed by atoms with E-state index in [1.54, 1.807) is 0 Å². The van der Waals surface area contributed by atoms with Gasteiger partial charge in [0.25, 0.3) is 0 Å². The summed E-state index contributed by atoms with van der Waals surface area (Å²) < 4.78 is 11.3. The summed E-state index contributed by atoms with van der Waals surface area (Å²) in [6.45, 7) is 11.1. The molecular formula is C13H23N3O2. The standard InChI is InChI=1S/C13H23N3O2/c1-9(2)7-12-14-15-13(18-12)11(4)16-5-6-17-10(3)8-16/h9-11H,5-8H2,1-4H3. The quantitative estimate of drug-likeness (QED) is 0.822. The van der Waals surface area contributed by atoms with Crippen LogP contribution in [0.1, 0.15) is 45.5 Å². The first-order chi connectivity index (χ1) is 8.56. The molecule has 0 bridgehead atoms. The van der Waals surface area contributed by atoms with E-state index in [4.69, 9.17) is 9.15 Å². The van der Waals surface area contributed by atoms with Crippen LogP contribution in [-0.2, 0) is 11.2 Å². The van der Waals surface area contributed by atoms with Crippen LogP contribution in [0.2, 0.25) is 0 Å². The molecule has 0 saturated carbocycles. The number of nitrogens with zero attached hydrogens (tertiary/aromatic N) is 3. The fourth-order valence-corrected chi connectivity index (χ4v) is 2.22. The molecule has 1 aliphatic rings. The highest BCUT2D eigenvalue weighted by molar-refractivity contribution is 4.91. The Labute approximate surface area is 109 Å². The minimum absolute atomic E-state index is 0.171. The number of rotatable bonds is 4. The number of hydrogen-bond acceptors (Lipinski definition) is 5. The van der Waals surface area contributed by atoms with Crippen molar-refractivity contribution >= 4 is 0 Å². The van der Waals surface area contributed by atoms with Crippen molar-refractivity contribution in [3.63, 3.8) is 0 Å². The Balaban J connectivity index is 1.99. The van der Waals surface area contributed by atoms with Crippen LogP contribution in [-0.4, -0.2) is 40.9 Å². The largest absolute Gasteiger partial charge is 0.424 e. The normalized spacial score (nSPS) is 23.5. The molecule has 0 radical (unpaired) electrons. The summed E-state index contributed by atoms with van der Waals surface area (Å²) in [4.78, 5) is 2.33. The van der Waals surface area contributed by atoms with Crippen molar-refractivity contribution in [1.29, 1.82) is 0 Å². The molecule has 2 atom stereocenters. The SMILES string of the molecule is CC(C)Cc1nnc(C(C)N2CCOC(C)C2)o1.